The Kier molecular flexibility index (Phi) is 11.4. The zero-order valence-corrected chi connectivity index (χ0v) is 27.2. The smallest absolute Gasteiger partial charge is 0.243 e. The van der Waals surface area contributed by atoms with Crippen molar-refractivity contribution in [3.05, 3.63) is 95.1 Å². The van der Waals surface area contributed by atoms with Crippen molar-refractivity contribution >= 4 is 27.5 Å². The summed E-state index contributed by atoms with van der Waals surface area (Å²) in [5.41, 5.74) is 3.72. The number of hydrogen-bond acceptors (Lipinski definition) is 5. The second-order valence-electron chi connectivity index (χ2n) is 12.0. The van der Waals surface area contributed by atoms with Crippen molar-refractivity contribution in [2.75, 3.05) is 24.2 Å². The summed E-state index contributed by atoms with van der Waals surface area (Å²) >= 11 is 0. The van der Waals surface area contributed by atoms with E-state index in [0.717, 1.165) is 22.3 Å². The van der Waals surface area contributed by atoms with Gasteiger partial charge in [0, 0.05) is 31.5 Å². The number of hydrogen-bond donors (Lipinski definition) is 1. The van der Waals surface area contributed by atoms with E-state index in [4.69, 9.17) is 4.74 Å². The van der Waals surface area contributed by atoms with Crippen LogP contribution < -0.4 is 14.4 Å². The Hall–Kier alpha value is -3.85. The van der Waals surface area contributed by atoms with Crippen molar-refractivity contribution in [1.29, 1.82) is 0 Å². The largest absolute Gasteiger partial charge is 0.497 e. The van der Waals surface area contributed by atoms with E-state index in [2.05, 4.69) is 5.32 Å². The first kappa shape index (κ1) is 33.6. The van der Waals surface area contributed by atoms with E-state index in [9.17, 15) is 18.0 Å². The molecule has 0 saturated heterocycles. The lowest BCUT2D eigenvalue weighted by Gasteiger charge is -2.34. The fraction of sp³-hybridized carbons (Fsp3) is 0.412. The predicted octanol–water partition coefficient (Wildman–Crippen LogP) is 5.41. The lowest BCUT2D eigenvalue weighted by Crippen LogP contribution is -2.54. The van der Waals surface area contributed by atoms with E-state index in [-0.39, 0.29) is 37.7 Å². The highest BCUT2D eigenvalue weighted by molar-refractivity contribution is 7.92. The summed E-state index contributed by atoms with van der Waals surface area (Å²) in [7, 11) is -2.01. The van der Waals surface area contributed by atoms with Crippen LogP contribution in [0.4, 0.5) is 5.69 Å². The highest BCUT2D eigenvalue weighted by atomic mass is 32.2. The van der Waals surface area contributed by atoms with Gasteiger partial charge in [-0.05, 0) is 81.5 Å². The number of amides is 2. The Morgan fingerprint density at radius 3 is 2.21 bits per heavy atom. The molecule has 3 rings (SSSR count). The predicted molar refractivity (Wildman–Crippen MR) is 173 cm³/mol. The minimum absolute atomic E-state index is 0.0644. The van der Waals surface area contributed by atoms with E-state index in [0.29, 0.717) is 17.9 Å². The number of benzene rings is 3. The molecule has 43 heavy (non-hydrogen) atoms. The summed E-state index contributed by atoms with van der Waals surface area (Å²) in [5, 5.41) is 3.07. The van der Waals surface area contributed by atoms with E-state index in [1.807, 2.05) is 101 Å². The molecule has 0 spiro atoms. The van der Waals surface area contributed by atoms with Crippen LogP contribution in [0.25, 0.3) is 0 Å². The maximum Gasteiger partial charge on any atom is 0.243 e. The van der Waals surface area contributed by atoms with Crippen molar-refractivity contribution < 1.29 is 22.7 Å². The number of rotatable bonds is 13. The van der Waals surface area contributed by atoms with Gasteiger partial charge in [0.2, 0.25) is 21.8 Å². The van der Waals surface area contributed by atoms with Gasteiger partial charge in [-0.3, -0.25) is 13.9 Å². The molecule has 0 saturated carbocycles. The molecule has 1 atom stereocenters. The molecule has 3 aromatic rings. The summed E-state index contributed by atoms with van der Waals surface area (Å²) in [5.74, 6) is 0.170. The van der Waals surface area contributed by atoms with Crippen LogP contribution in [-0.4, -0.2) is 56.6 Å². The first-order chi connectivity index (χ1) is 20.2. The Morgan fingerprint density at radius 1 is 0.930 bits per heavy atom. The van der Waals surface area contributed by atoms with Crippen LogP contribution in [-0.2, 0) is 32.6 Å². The third kappa shape index (κ3) is 9.85. The number of aryl methyl sites for hydroxylation is 1. The van der Waals surface area contributed by atoms with Crippen LogP contribution in [0.2, 0.25) is 0 Å². The standard InChI is InChI=1S/C34H45N3O5S/c1-25-14-11-19-30(26(25)2)37(43(7,40)41)21-13-20-32(38)36(24-28-17-12-18-29(22-28)42-6)31(33(39)35-34(3,4)5)23-27-15-9-8-10-16-27/h8-12,14-19,22,31H,13,20-21,23-24H2,1-7H3,(H,35,39)/t31-/m0/s1. The van der Waals surface area contributed by atoms with Gasteiger partial charge in [0.05, 0.1) is 19.1 Å². The molecule has 0 heterocycles. The van der Waals surface area contributed by atoms with Crippen molar-refractivity contribution in [3.8, 4) is 5.75 Å². The minimum atomic E-state index is -3.59. The maximum absolute atomic E-state index is 14.0. The molecule has 8 nitrogen and oxygen atoms in total. The summed E-state index contributed by atoms with van der Waals surface area (Å²) in [4.78, 5) is 29.4. The number of nitrogens with zero attached hydrogens (tertiary/aromatic N) is 2. The number of carbonyl (C=O) groups excluding carboxylic acids is 2. The van der Waals surface area contributed by atoms with Gasteiger partial charge < -0.3 is 15.0 Å². The number of ether oxygens (including phenoxy) is 1. The van der Waals surface area contributed by atoms with Gasteiger partial charge in [0.1, 0.15) is 11.8 Å². The van der Waals surface area contributed by atoms with Crippen LogP contribution in [0.3, 0.4) is 0 Å². The summed E-state index contributed by atoms with van der Waals surface area (Å²) in [6, 6.07) is 21.8. The molecule has 0 aliphatic rings. The molecule has 232 valence electrons. The lowest BCUT2D eigenvalue weighted by atomic mass is 10.00. The molecule has 0 radical (unpaired) electrons. The molecular formula is C34H45N3O5S. The monoisotopic (exact) mass is 607 g/mol. The van der Waals surface area contributed by atoms with Crippen LogP contribution >= 0.6 is 0 Å². The van der Waals surface area contributed by atoms with Gasteiger partial charge >= 0.3 is 0 Å². The lowest BCUT2D eigenvalue weighted by molar-refractivity contribution is -0.142. The fourth-order valence-electron chi connectivity index (χ4n) is 4.96. The molecule has 0 aliphatic carbocycles. The number of sulfonamides is 1. The van der Waals surface area contributed by atoms with Gasteiger partial charge in [0.15, 0.2) is 0 Å². The van der Waals surface area contributed by atoms with E-state index in [1.54, 1.807) is 18.1 Å². The van der Waals surface area contributed by atoms with Crippen molar-refractivity contribution in [3.63, 3.8) is 0 Å². The molecule has 0 unspecified atom stereocenters. The van der Waals surface area contributed by atoms with E-state index in [1.165, 1.54) is 10.6 Å². The number of nitrogens with one attached hydrogen (secondary N) is 1. The molecule has 3 aromatic carbocycles. The average molecular weight is 608 g/mol. The number of anilines is 1. The molecule has 1 N–H and O–H groups in total. The Balaban J connectivity index is 1.94. The Labute approximate surface area is 257 Å². The highest BCUT2D eigenvalue weighted by Gasteiger charge is 2.32. The van der Waals surface area contributed by atoms with Crippen LogP contribution in [0, 0.1) is 13.8 Å². The summed E-state index contributed by atoms with van der Waals surface area (Å²) in [6.45, 7) is 9.89. The molecule has 0 bridgehead atoms. The molecule has 0 fully saturated rings. The van der Waals surface area contributed by atoms with Gasteiger partial charge in [-0.2, -0.15) is 0 Å². The van der Waals surface area contributed by atoms with E-state index < -0.39 is 21.6 Å². The second-order valence-corrected chi connectivity index (χ2v) is 13.9. The van der Waals surface area contributed by atoms with Crippen molar-refractivity contribution in [2.45, 2.75) is 72.0 Å². The molecule has 9 heteroatoms. The SMILES string of the molecule is COc1cccc(CN(C(=O)CCCN(c2cccc(C)c2C)S(C)(=O)=O)[C@@H](Cc2ccccc2)C(=O)NC(C)(C)C)c1. The van der Waals surface area contributed by atoms with Crippen LogP contribution in [0.1, 0.15) is 55.9 Å². The van der Waals surface area contributed by atoms with E-state index >= 15 is 0 Å². The molecular weight excluding hydrogens is 562 g/mol. The van der Waals surface area contributed by atoms with Gasteiger partial charge in [0.25, 0.3) is 0 Å². The Bertz CT molecular complexity index is 1500. The van der Waals surface area contributed by atoms with Crippen LogP contribution in [0.5, 0.6) is 5.75 Å². The third-order valence-corrected chi connectivity index (χ3v) is 8.43. The number of methoxy groups -OCH3 is 1. The second kappa shape index (κ2) is 14.6. The maximum atomic E-state index is 14.0. The van der Waals surface area contributed by atoms with Crippen molar-refractivity contribution in [1.82, 2.24) is 10.2 Å². The van der Waals surface area contributed by atoms with Crippen LogP contribution in [0.15, 0.2) is 72.8 Å². The number of carbonyl (C=O) groups is 2. The zero-order chi connectivity index (χ0) is 31.8. The van der Waals surface area contributed by atoms with Gasteiger partial charge in [-0.25, -0.2) is 8.42 Å². The first-order valence-electron chi connectivity index (χ1n) is 14.5. The normalized spacial score (nSPS) is 12.3. The first-order valence-corrected chi connectivity index (χ1v) is 16.4. The zero-order valence-electron chi connectivity index (χ0n) is 26.4. The minimum Gasteiger partial charge on any atom is -0.497 e. The summed E-state index contributed by atoms with van der Waals surface area (Å²) < 4.78 is 32.4. The molecule has 0 aliphatic heterocycles. The topological polar surface area (TPSA) is 96.0 Å². The van der Waals surface area contributed by atoms with Crippen molar-refractivity contribution in [2.24, 2.45) is 0 Å². The highest BCUT2D eigenvalue weighted by Crippen LogP contribution is 2.26. The quantitative estimate of drug-likeness (QED) is 0.280. The molecule has 0 aromatic heterocycles. The Morgan fingerprint density at radius 2 is 1.58 bits per heavy atom. The average Bonchev–Trinajstić information content (AvgIpc) is 2.93. The van der Waals surface area contributed by atoms with Gasteiger partial charge in [-0.1, -0.05) is 54.6 Å². The third-order valence-electron chi connectivity index (χ3n) is 7.25. The summed E-state index contributed by atoms with van der Waals surface area (Å²) in [6.07, 6.45) is 1.86. The fourth-order valence-corrected chi connectivity index (χ4v) is 5.98. The van der Waals surface area contributed by atoms with Gasteiger partial charge in [-0.15, -0.1) is 0 Å². The molecule has 2 amide bonds.